The minimum absolute atomic E-state index is 0.145. The average molecular weight is 411 g/mol. The SMILES string of the molecule is Cc1ccc(SCCNC(=O)c2cccc(NC(=O)c3cccs3)c2)cc1C. The van der Waals surface area contributed by atoms with Crippen molar-refractivity contribution in [3.05, 3.63) is 81.5 Å². The Balaban J connectivity index is 1.50. The number of carbonyl (C=O) groups excluding carboxylic acids is 2. The van der Waals surface area contributed by atoms with Crippen LogP contribution in [0.2, 0.25) is 0 Å². The smallest absolute Gasteiger partial charge is 0.265 e. The lowest BCUT2D eigenvalue weighted by atomic mass is 10.1. The summed E-state index contributed by atoms with van der Waals surface area (Å²) in [5.74, 6) is 0.480. The average Bonchev–Trinajstić information content (AvgIpc) is 3.23. The molecule has 0 spiro atoms. The Morgan fingerprint density at radius 1 is 0.964 bits per heavy atom. The third-order valence-corrected chi connectivity index (χ3v) is 6.13. The van der Waals surface area contributed by atoms with Crippen molar-refractivity contribution in [2.24, 2.45) is 0 Å². The Morgan fingerprint density at radius 2 is 1.82 bits per heavy atom. The van der Waals surface area contributed by atoms with E-state index in [4.69, 9.17) is 0 Å². The highest BCUT2D eigenvalue weighted by Gasteiger charge is 2.10. The summed E-state index contributed by atoms with van der Waals surface area (Å²) in [5, 5.41) is 7.61. The van der Waals surface area contributed by atoms with Gasteiger partial charge in [0.1, 0.15) is 0 Å². The molecule has 0 fully saturated rings. The fourth-order valence-corrected chi connectivity index (χ4v) is 4.06. The van der Waals surface area contributed by atoms with E-state index in [-0.39, 0.29) is 11.8 Å². The van der Waals surface area contributed by atoms with Crippen molar-refractivity contribution in [3.63, 3.8) is 0 Å². The van der Waals surface area contributed by atoms with E-state index >= 15 is 0 Å². The summed E-state index contributed by atoms with van der Waals surface area (Å²) < 4.78 is 0. The zero-order valence-corrected chi connectivity index (χ0v) is 17.5. The summed E-state index contributed by atoms with van der Waals surface area (Å²) in [4.78, 5) is 26.4. The van der Waals surface area contributed by atoms with Gasteiger partial charge in [-0.3, -0.25) is 9.59 Å². The number of carbonyl (C=O) groups is 2. The molecule has 144 valence electrons. The van der Waals surface area contributed by atoms with Crippen LogP contribution in [0.25, 0.3) is 0 Å². The van der Waals surface area contributed by atoms with E-state index < -0.39 is 0 Å². The molecule has 2 N–H and O–H groups in total. The third-order valence-electron chi connectivity index (χ3n) is 4.26. The molecule has 0 aliphatic heterocycles. The van der Waals surface area contributed by atoms with Crippen LogP contribution < -0.4 is 10.6 Å². The second-order valence-corrected chi connectivity index (χ2v) is 8.48. The van der Waals surface area contributed by atoms with Gasteiger partial charge >= 0.3 is 0 Å². The van der Waals surface area contributed by atoms with Crippen molar-refractivity contribution in [3.8, 4) is 0 Å². The number of nitrogens with one attached hydrogen (secondary N) is 2. The van der Waals surface area contributed by atoms with Gasteiger partial charge in [-0.15, -0.1) is 23.1 Å². The molecule has 0 unspecified atom stereocenters. The van der Waals surface area contributed by atoms with Crippen LogP contribution in [0.1, 0.15) is 31.2 Å². The van der Waals surface area contributed by atoms with Crippen molar-refractivity contribution in [1.82, 2.24) is 5.32 Å². The van der Waals surface area contributed by atoms with Crippen molar-refractivity contribution in [1.29, 1.82) is 0 Å². The van der Waals surface area contributed by atoms with Gasteiger partial charge in [-0.2, -0.15) is 0 Å². The van der Waals surface area contributed by atoms with Gasteiger partial charge in [0.2, 0.25) is 0 Å². The quantitative estimate of drug-likeness (QED) is 0.419. The minimum Gasteiger partial charge on any atom is -0.351 e. The van der Waals surface area contributed by atoms with Gasteiger partial charge in [0, 0.05) is 28.4 Å². The number of thioether (sulfide) groups is 1. The summed E-state index contributed by atoms with van der Waals surface area (Å²) in [6.07, 6.45) is 0. The summed E-state index contributed by atoms with van der Waals surface area (Å²) in [6.45, 7) is 4.77. The molecule has 0 saturated carbocycles. The number of hydrogen-bond donors (Lipinski definition) is 2. The van der Waals surface area contributed by atoms with E-state index in [2.05, 4.69) is 42.7 Å². The first-order valence-electron chi connectivity index (χ1n) is 8.96. The van der Waals surface area contributed by atoms with Gasteiger partial charge in [-0.05, 0) is 66.8 Å². The summed E-state index contributed by atoms with van der Waals surface area (Å²) in [6, 6.07) is 17.0. The molecule has 28 heavy (non-hydrogen) atoms. The minimum atomic E-state index is -0.169. The van der Waals surface area contributed by atoms with Crippen molar-refractivity contribution in [2.75, 3.05) is 17.6 Å². The lowest BCUT2D eigenvalue weighted by molar-refractivity contribution is 0.0954. The number of thiophene rings is 1. The lowest BCUT2D eigenvalue weighted by Gasteiger charge is -2.08. The Morgan fingerprint density at radius 3 is 2.57 bits per heavy atom. The molecule has 0 atom stereocenters. The molecule has 1 aromatic heterocycles. The number of benzene rings is 2. The van der Waals surface area contributed by atoms with Crippen LogP contribution in [0.15, 0.2) is 64.9 Å². The second kappa shape index (κ2) is 9.57. The molecule has 0 radical (unpaired) electrons. The highest BCUT2D eigenvalue weighted by molar-refractivity contribution is 7.99. The van der Waals surface area contributed by atoms with Gasteiger partial charge in [0.25, 0.3) is 11.8 Å². The molecule has 0 aliphatic rings. The zero-order valence-electron chi connectivity index (χ0n) is 15.8. The molecule has 0 bridgehead atoms. The summed E-state index contributed by atoms with van der Waals surface area (Å²) in [7, 11) is 0. The predicted molar refractivity (Wildman–Crippen MR) is 118 cm³/mol. The maximum Gasteiger partial charge on any atom is 0.265 e. The molecule has 1 heterocycles. The largest absolute Gasteiger partial charge is 0.351 e. The van der Waals surface area contributed by atoms with Crippen LogP contribution in [-0.2, 0) is 0 Å². The molecule has 3 rings (SSSR count). The fraction of sp³-hybridized carbons (Fsp3) is 0.182. The Kier molecular flexibility index (Phi) is 6.90. The van der Waals surface area contributed by atoms with E-state index in [0.717, 1.165) is 5.75 Å². The highest BCUT2D eigenvalue weighted by Crippen LogP contribution is 2.20. The van der Waals surface area contributed by atoms with E-state index in [1.165, 1.54) is 27.4 Å². The second-order valence-electron chi connectivity index (χ2n) is 6.36. The molecule has 3 aromatic rings. The zero-order chi connectivity index (χ0) is 19.9. The van der Waals surface area contributed by atoms with E-state index in [9.17, 15) is 9.59 Å². The number of hydrogen-bond acceptors (Lipinski definition) is 4. The topological polar surface area (TPSA) is 58.2 Å². The fourth-order valence-electron chi connectivity index (χ4n) is 2.58. The van der Waals surface area contributed by atoms with E-state index in [0.29, 0.717) is 22.7 Å². The maximum atomic E-state index is 12.4. The molecular weight excluding hydrogens is 388 g/mol. The van der Waals surface area contributed by atoms with Gasteiger partial charge in [0.15, 0.2) is 0 Å². The van der Waals surface area contributed by atoms with Gasteiger partial charge in [-0.1, -0.05) is 18.2 Å². The highest BCUT2D eigenvalue weighted by atomic mass is 32.2. The number of aryl methyl sites for hydroxylation is 2. The van der Waals surface area contributed by atoms with Crippen molar-refractivity contribution < 1.29 is 9.59 Å². The lowest BCUT2D eigenvalue weighted by Crippen LogP contribution is -2.25. The Bertz CT molecular complexity index is 968. The van der Waals surface area contributed by atoms with Crippen LogP contribution in [0.4, 0.5) is 5.69 Å². The number of anilines is 1. The van der Waals surface area contributed by atoms with E-state index in [1.54, 1.807) is 42.1 Å². The van der Waals surface area contributed by atoms with E-state index in [1.807, 2.05) is 11.4 Å². The summed E-state index contributed by atoms with van der Waals surface area (Å²) in [5.41, 5.74) is 3.69. The summed E-state index contributed by atoms with van der Waals surface area (Å²) >= 11 is 3.10. The first-order chi connectivity index (χ1) is 13.5. The van der Waals surface area contributed by atoms with Gasteiger partial charge < -0.3 is 10.6 Å². The monoisotopic (exact) mass is 410 g/mol. The standard InChI is InChI=1S/C22H22N2O2S2/c1-15-8-9-19(13-16(15)2)27-12-10-23-21(25)17-5-3-6-18(14-17)24-22(26)20-7-4-11-28-20/h3-9,11,13-14H,10,12H2,1-2H3,(H,23,25)(H,24,26). The Hall–Kier alpha value is -2.57. The van der Waals surface area contributed by atoms with Crippen molar-refractivity contribution >= 4 is 40.6 Å². The third kappa shape index (κ3) is 5.47. The van der Waals surface area contributed by atoms with Crippen LogP contribution in [0.3, 0.4) is 0 Å². The number of amides is 2. The maximum absolute atomic E-state index is 12.4. The molecule has 6 heteroatoms. The van der Waals surface area contributed by atoms with Gasteiger partial charge in [0.05, 0.1) is 4.88 Å². The first kappa shape index (κ1) is 20.2. The molecule has 2 amide bonds. The molecular formula is C22H22N2O2S2. The first-order valence-corrected chi connectivity index (χ1v) is 10.8. The normalized spacial score (nSPS) is 10.5. The molecule has 0 aliphatic carbocycles. The predicted octanol–water partition coefficient (Wildman–Crippen LogP) is 5.14. The van der Waals surface area contributed by atoms with Gasteiger partial charge in [-0.25, -0.2) is 0 Å². The molecule has 0 saturated heterocycles. The molecule has 4 nitrogen and oxygen atoms in total. The molecule has 2 aromatic carbocycles. The van der Waals surface area contributed by atoms with Crippen LogP contribution in [-0.4, -0.2) is 24.1 Å². The van der Waals surface area contributed by atoms with Crippen LogP contribution in [0.5, 0.6) is 0 Å². The number of rotatable bonds is 7. The van der Waals surface area contributed by atoms with Crippen LogP contribution in [0, 0.1) is 13.8 Å². The van der Waals surface area contributed by atoms with Crippen LogP contribution >= 0.6 is 23.1 Å². The Labute approximate surface area is 173 Å². The van der Waals surface area contributed by atoms with Crippen molar-refractivity contribution in [2.45, 2.75) is 18.7 Å².